The normalized spacial score (nSPS) is 14.1. The maximum atomic E-state index is 12.3. The van der Waals surface area contributed by atoms with Crippen LogP contribution in [-0.4, -0.2) is 40.1 Å². The molecular weight excluding hydrogens is 332 g/mol. The van der Waals surface area contributed by atoms with Gasteiger partial charge < -0.3 is 21.5 Å². The minimum absolute atomic E-state index is 0.191. The first-order valence-corrected chi connectivity index (χ1v) is 8.43. The molecular formula is C19H24N4O3. The number of pyridine rings is 1. The molecule has 0 saturated heterocycles. The van der Waals surface area contributed by atoms with Crippen molar-refractivity contribution in [1.82, 2.24) is 15.6 Å². The number of carbonyl (C=O) groups excluding carboxylic acids is 2. The van der Waals surface area contributed by atoms with Gasteiger partial charge in [-0.3, -0.25) is 14.6 Å². The van der Waals surface area contributed by atoms with E-state index in [2.05, 4.69) is 15.6 Å². The number of hydrogen-bond acceptors (Lipinski definition) is 5. The van der Waals surface area contributed by atoms with Gasteiger partial charge in [0.2, 0.25) is 5.91 Å². The van der Waals surface area contributed by atoms with E-state index >= 15 is 0 Å². The molecule has 3 atom stereocenters. The lowest BCUT2D eigenvalue weighted by atomic mass is 10.00. The predicted octanol–water partition coefficient (Wildman–Crippen LogP) is 0.133. The van der Waals surface area contributed by atoms with Gasteiger partial charge in [0.05, 0.1) is 24.3 Å². The zero-order chi connectivity index (χ0) is 18.9. The van der Waals surface area contributed by atoms with Gasteiger partial charge in [-0.2, -0.15) is 0 Å². The molecule has 1 aromatic heterocycles. The molecule has 2 aromatic rings. The Bertz CT molecular complexity index is 707. The minimum Gasteiger partial charge on any atom is -0.381 e. The first kappa shape index (κ1) is 19.6. The predicted molar refractivity (Wildman–Crippen MR) is 97.8 cm³/mol. The van der Waals surface area contributed by atoms with Crippen LogP contribution in [0, 0.1) is 0 Å². The number of aliphatic hydroxyl groups excluding tert-OH is 1. The van der Waals surface area contributed by atoms with E-state index in [0.29, 0.717) is 12.1 Å². The Morgan fingerprint density at radius 3 is 2.42 bits per heavy atom. The highest BCUT2D eigenvalue weighted by atomic mass is 16.3. The van der Waals surface area contributed by atoms with Crippen LogP contribution in [-0.2, 0) is 22.6 Å². The minimum atomic E-state index is -1.42. The number of benzene rings is 1. The molecule has 2 rings (SSSR count). The monoisotopic (exact) mass is 356 g/mol. The van der Waals surface area contributed by atoms with Crippen LogP contribution in [0.4, 0.5) is 0 Å². The summed E-state index contributed by atoms with van der Waals surface area (Å²) in [7, 11) is 0. The highest BCUT2D eigenvalue weighted by molar-refractivity contribution is 5.84. The number of aliphatic hydroxyl groups is 1. The van der Waals surface area contributed by atoms with E-state index in [4.69, 9.17) is 5.73 Å². The first-order valence-electron chi connectivity index (χ1n) is 8.43. The van der Waals surface area contributed by atoms with Gasteiger partial charge in [-0.25, -0.2) is 0 Å². The van der Waals surface area contributed by atoms with Gasteiger partial charge in [-0.1, -0.05) is 36.4 Å². The Morgan fingerprint density at radius 1 is 1.12 bits per heavy atom. The number of rotatable bonds is 8. The highest BCUT2D eigenvalue weighted by Gasteiger charge is 2.28. The molecule has 1 heterocycles. The fourth-order valence-corrected chi connectivity index (χ4v) is 2.39. The summed E-state index contributed by atoms with van der Waals surface area (Å²) < 4.78 is 0. The Balaban J connectivity index is 2.04. The second kappa shape index (κ2) is 9.65. The molecule has 0 fully saturated rings. The number of aromatic nitrogens is 1. The molecule has 0 radical (unpaired) electrons. The molecule has 0 spiro atoms. The summed E-state index contributed by atoms with van der Waals surface area (Å²) >= 11 is 0. The molecule has 2 amide bonds. The standard InChI is InChI=1S/C19H24N4O3/c1-13(20)18(25)23-16(11-14-7-3-2-4-8-14)17(24)19(26)22-12-15-9-5-6-10-21-15/h2-10,13,16-17,24H,11-12,20H2,1H3,(H,22,26)(H,23,25)/t13-,16-,17+/m1/s1. The lowest BCUT2D eigenvalue weighted by Gasteiger charge is -2.24. The summed E-state index contributed by atoms with van der Waals surface area (Å²) in [4.78, 5) is 28.4. The summed E-state index contributed by atoms with van der Waals surface area (Å²) in [6, 6.07) is 13.1. The van der Waals surface area contributed by atoms with Crippen molar-refractivity contribution in [2.75, 3.05) is 0 Å². The van der Waals surface area contributed by atoms with Crippen molar-refractivity contribution >= 4 is 11.8 Å². The number of nitrogens with one attached hydrogen (secondary N) is 2. The van der Waals surface area contributed by atoms with Gasteiger partial charge in [0, 0.05) is 6.20 Å². The first-order chi connectivity index (χ1) is 12.5. The van der Waals surface area contributed by atoms with E-state index in [9.17, 15) is 14.7 Å². The third-order valence-electron chi connectivity index (χ3n) is 3.86. The number of nitrogens with two attached hydrogens (primary N) is 1. The average molecular weight is 356 g/mol. The van der Waals surface area contributed by atoms with Crippen LogP contribution >= 0.6 is 0 Å². The van der Waals surface area contributed by atoms with Crippen LogP contribution < -0.4 is 16.4 Å². The SMILES string of the molecule is C[C@@H](N)C(=O)N[C@H](Cc1ccccc1)[C@H](O)C(=O)NCc1ccccn1. The third kappa shape index (κ3) is 5.94. The molecule has 0 aliphatic rings. The van der Waals surface area contributed by atoms with Crippen molar-refractivity contribution in [3.63, 3.8) is 0 Å². The van der Waals surface area contributed by atoms with Crippen LogP contribution in [0.25, 0.3) is 0 Å². The van der Waals surface area contributed by atoms with E-state index in [1.807, 2.05) is 36.4 Å². The Labute approximate surface area is 152 Å². The molecule has 5 N–H and O–H groups in total. The van der Waals surface area contributed by atoms with Gasteiger partial charge in [0.15, 0.2) is 6.10 Å². The van der Waals surface area contributed by atoms with Crippen LogP contribution in [0.1, 0.15) is 18.2 Å². The van der Waals surface area contributed by atoms with Crippen molar-refractivity contribution < 1.29 is 14.7 Å². The zero-order valence-electron chi connectivity index (χ0n) is 14.6. The summed E-state index contributed by atoms with van der Waals surface area (Å²) in [5.74, 6) is -1.01. The Kier molecular flexibility index (Phi) is 7.25. The second-order valence-electron chi connectivity index (χ2n) is 6.08. The lowest BCUT2D eigenvalue weighted by molar-refractivity contribution is -0.132. The van der Waals surface area contributed by atoms with E-state index in [1.165, 1.54) is 0 Å². The number of nitrogens with zero attached hydrogens (tertiary/aromatic N) is 1. The van der Waals surface area contributed by atoms with Crippen LogP contribution in [0.3, 0.4) is 0 Å². The van der Waals surface area contributed by atoms with Crippen LogP contribution in [0.15, 0.2) is 54.7 Å². The van der Waals surface area contributed by atoms with Gasteiger partial charge in [0.1, 0.15) is 0 Å². The molecule has 7 nitrogen and oxygen atoms in total. The maximum absolute atomic E-state index is 12.3. The quantitative estimate of drug-likeness (QED) is 0.536. The van der Waals surface area contributed by atoms with Gasteiger partial charge in [-0.15, -0.1) is 0 Å². The molecule has 0 bridgehead atoms. The average Bonchev–Trinajstić information content (AvgIpc) is 2.66. The van der Waals surface area contributed by atoms with Crippen molar-refractivity contribution in [1.29, 1.82) is 0 Å². The molecule has 138 valence electrons. The zero-order valence-corrected chi connectivity index (χ0v) is 14.6. The molecule has 7 heteroatoms. The fraction of sp³-hybridized carbons (Fsp3) is 0.316. The van der Waals surface area contributed by atoms with E-state index in [-0.39, 0.29) is 6.54 Å². The van der Waals surface area contributed by atoms with Crippen molar-refractivity contribution in [2.45, 2.75) is 38.1 Å². The summed E-state index contributed by atoms with van der Waals surface area (Å²) in [5.41, 5.74) is 7.15. The van der Waals surface area contributed by atoms with Crippen LogP contribution in [0.5, 0.6) is 0 Å². The number of amides is 2. The van der Waals surface area contributed by atoms with Crippen molar-refractivity contribution in [3.05, 3.63) is 66.0 Å². The largest absolute Gasteiger partial charge is 0.381 e. The topological polar surface area (TPSA) is 117 Å². The summed E-state index contributed by atoms with van der Waals surface area (Å²) in [6.07, 6.45) is 0.512. The molecule has 1 aromatic carbocycles. The van der Waals surface area contributed by atoms with Crippen molar-refractivity contribution in [2.24, 2.45) is 5.73 Å². The second-order valence-corrected chi connectivity index (χ2v) is 6.08. The fourth-order valence-electron chi connectivity index (χ4n) is 2.39. The van der Waals surface area contributed by atoms with Crippen LogP contribution in [0.2, 0.25) is 0 Å². The third-order valence-corrected chi connectivity index (χ3v) is 3.86. The van der Waals surface area contributed by atoms with Gasteiger partial charge >= 0.3 is 0 Å². The molecule has 0 aliphatic carbocycles. The molecule has 26 heavy (non-hydrogen) atoms. The van der Waals surface area contributed by atoms with E-state index < -0.39 is 30.0 Å². The van der Waals surface area contributed by atoms with Gasteiger partial charge in [0.25, 0.3) is 5.91 Å². The van der Waals surface area contributed by atoms with Crippen molar-refractivity contribution in [3.8, 4) is 0 Å². The number of carbonyl (C=O) groups is 2. The molecule has 0 aliphatic heterocycles. The summed E-state index contributed by atoms with van der Waals surface area (Å²) in [5, 5.41) is 15.7. The van der Waals surface area contributed by atoms with E-state index in [0.717, 1.165) is 5.56 Å². The number of hydrogen-bond donors (Lipinski definition) is 4. The summed E-state index contributed by atoms with van der Waals surface area (Å²) in [6.45, 7) is 1.73. The maximum Gasteiger partial charge on any atom is 0.251 e. The van der Waals surface area contributed by atoms with Gasteiger partial charge in [-0.05, 0) is 31.0 Å². The molecule has 0 saturated carbocycles. The lowest BCUT2D eigenvalue weighted by Crippen LogP contribution is -2.54. The smallest absolute Gasteiger partial charge is 0.251 e. The molecule has 0 unspecified atom stereocenters. The Morgan fingerprint density at radius 2 is 1.81 bits per heavy atom. The highest BCUT2D eigenvalue weighted by Crippen LogP contribution is 2.07. The van der Waals surface area contributed by atoms with E-state index in [1.54, 1.807) is 25.3 Å². The Hall–Kier alpha value is -2.77.